The Morgan fingerprint density at radius 1 is 0.760 bits per heavy atom. The van der Waals surface area contributed by atoms with Crippen LogP contribution in [0.5, 0.6) is 0 Å². The molecule has 0 bridgehead atoms. The van der Waals surface area contributed by atoms with E-state index in [1.54, 1.807) is 0 Å². The van der Waals surface area contributed by atoms with Crippen LogP contribution in [0.2, 0.25) is 0 Å². The number of nitrogens with zero attached hydrogens (tertiary/aromatic N) is 1. The van der Waals surface area contributed by atoms with Crippen LogP contribution in [0.25, 0.3) is 6.08 Å². The minimum Gasteiger partial charge on any atom is -0.308 e. The SMILES string of the molecule is O=C(C/C=C/c1ccccc1)N(Cc1ccccc1)c1ccccc1. The third-order valence-corrected chi connectivity index (χ3v) is 3.95. The summed E-state index contributed by atoms with van der Waals surface area (Å²) in [7, 11) is 0. The summed E-state index contributed by atoms with van der Waals surface area (Å²) in [5.41, 5.74) is 3.14. The van der Waals surface area contributed by atoms with Gasteiger partial charge in [0.05, 0.1) is 6.54 Å². The summed E-state index contributed by atoms with van der Waals surface area (Å²) in [6.07, 6.45) is 4.29. The van der Waals surface area contributed by atoms with Gasteiger partial charge in [-0.2, -0.15) is 0 Å². The van der Waals surface area contributed by atoms with Gasteiger partial charge in [-0.3, -0.25) is 4.79 Å². The molecule has 0 aliphatic heterocycles. The van der Waals surface area contributed by atoms with E-state index >= 15 is 0 Å². The fourth-order valence-electron chi connectivity index (χ4n) is 2.67. The number of hydrogen-bond donors (Lipinski definition) is 0. The lowest BCUT2D eigenvalue weighted by molar-refractivity contribution is -0.117. The highest BCUT2D eigenvalue weighted by Gasteiger charge is 2.14. The summed E-state index contributed by atoms with van der Waals surface area (Å²) in [4.78, 5) is 14.7. The maximum atomic E-state index is 12.8. The zero-order valence-corrected chi connectivity index (χ0v) is 14.1. The molecule has 0 radical (unpaired) electrons. The summed E-state index contributed by atoms with van der Waals surface area (Å²) >= 11 is 0. The lowest BCUT2D eigenvalue weighted by Crippen LogP contribution is -2.29. The second-order valence-electron chi connectivity index (χ2n) is 5.82. The third kappa shape index (κ3) is 4.92. The summed E-state index contributed by atoms with van der Waals surface area (Å²) in [5.74, 6) is 0.0854. The van der Waals surface area contributed by atoms with Crippen LogP contribution in [0.15, 0.2) is 97.1 Å². The molecule has 2 nitrogen and oxygen atoms in total. The standard InChI is InChI=1S/C23H21NO/c25-23(18-10-15-20-11-4-1-5-12-20)24(22-16-8-3-9-17-22)19-21-13-6-2-7-14-21/h1-17H,18-19H2/b15-10+. The molecule has 0 N–H and O–H groups in total. The molecule has 0 spiro atoms. The van der Waals surface area contributed by atoms with Crippen LogP contribution in [0.1, 0.15) is 17.5 Å². The van der Waals surface area contributed by atoms with Gasteiger partial charge in [-0.1, -0.05) is 91.0 Å². The first kappa shape index (κ1) is 16.7. The van der Waals surface area contributed by atoms with E-state index in [9.17, 15) is 4.79 Å². The minimum absolute atomic E-state index is 0.0854. The van der Waals surface area contributed by atoms with Gasteiger partial charge in [0.2, 0.25) is 5.91 Å². The lowest BCUT2D eigenvalue weighted by Gasteiger charge is -2.22. The number of anilines is 1. The van der Waals surface area contributed by atoms with Crippen LogP contribution in [0, 0.1) is 0 Å². The van der Waals surface area contributed by atoms with Crippen molar-refractivity contribution < 1.29 is 4.79 Å². The van der Waals surface area contributed by atoms with Crippen molar-refractivity contribution in [2.24, 2.45) is 0 Å². The zero-order valence-electron chi connectivity index (χ0n) is 14.1. The Labute approximate surface area is 149 Å². The smallest absolute Gasteiger partial charge is 0.231 e. The van der Waals surface area contributed by atoms with Crippen LogP contribution >= 0.6 is 0 Å². The fourth-order valence-corrected chi connectivity index (χ4v) is 2.67. The average Bonchev–Trinajstić information content (AvgIpc) is 2.68. The molecule has 124 valence electrons. The molecular formula is C23H21NO. The molecule has 0 saturated carbocycles. The second kappa shape index (κ2) is 8.65. The van der Waals surface area contributed by atoms with Gasteiger partial charge in [0, 0.05) is 12.1 Å². The first-order valence-corrected chi connectivity index (χ1v) is 8.44. The maximum absolute atomic E-state index is 12.8. The van der Waals surface area contributed by atoms with Crippen molar-refractivity contribution in [2.75, 3.05) is 4.90 Å². The number of para-hydroxylation sites is 1. The van der Waals surface area contributed by atoms with Gasteiger partial charge >= 0.3 is 0 Å². The van der Waals surface area contributed by atoms with Gasteiger partial charge in [0.1, 0.15) is 0 Å². The van der Waals surface area contributed by atoms with Gasteiger partial charge in [0.25, 0.3) is 0 Å². The number of carbonyl (C=O) groups excluding carboxylic acids is 1. The van der Waals surface area contributed by atoms with Crippen molar-refractivity contribution >= 4 is 17.7 Å². The highest BCUT2D eigenvalue weighted by atomic mass is 16.2. The number of carbonyl (C=O) groups is 1. The molecule has 3 aromatic rings. The molecule has 2 heteroatoms. The predicted molar refractivity (Wildman–Crippen MR) is 104 cm³/mol. The third-order valence-electron chi connectivity index (χ3n) is 3.95. The molecule has 0 saturated heterocycles. The molecule has 0 unspecified atom stereocenters. The first-order valence-electron chi connectivity index (χ1n) is 8.44. The number of amides is 1. The topological polar surface area (TPSA) is 20.3 Å². The van der Waals surface area contributed by atoms with E-state index in [0.29, 0.717) is 13.0 Å². The van der Waals surface area contributed by atoms with Gasteiger partial charge < -0.3 is 4.90 Å². The Hall–Kier alpha value is -3.13. The maximum Gasteiger partial charge on any atom is 0.231 e. The van der Waals surface area contributed by atoms with Gasteiger partial charge in [-0.05, 0) is 23.3 Å². The molecule has 3 rings (SSSR count). The summed E-state index contributed by atoms with van der Waals surface area (Å²) in [6, 6.07) is 29.9. The number of hydrogen-bond acceptors (Lipinski definition) is 1. The van der Waals surface area contributed by atoms with E-state index in [1.165, 1.54) is 0 Å². The van der Waals surface area contributed by atoms with Crippen molar-refractivity contribution in [3.63, 3.8) is 0 Å². The van der Waals surface area contributed by atoms with Gasteiger partial charge in [-0.25, -0.2) is 0 Å². The van der Waals surface area contributed by atoms with Crippen LogP contribution in [0.3, 0.4) is 0 Å². The predicted octanol–water partition coefficient (Wildman–Crippen LogP) is 5.32. The number of benzene rings is 3. The molecule has 25 heavy (non-hydrogen) atoms. The number of rotatable bonds is 6. The van der Waals surface area contributed by atoms with Crippen LogP contribution < -0.4 is 4.90 Å². The van der Waals surface area contributed by atoms with Crippen molar-refractivity contribution in [2.45, 2.75) is 13.0 Å². The quantitative estimate of drug-likeness (QED) is 0.600. The Morgan fingerprint density at radius 2 is 1.32 bits per heavy atom. The first-order chi connectivity index (χ1) is 12.3. The van der Waals surface area contributed by atoms with E-state index < -0.39 is 0 Å². The Balaban J connectivity index is 1.74. The Kier molecular flexibility index (Phi) is 5.78. The zero-order chi connectivity index (χ0) is 17.3. The fraction of sp³-hybridized carbons (Fsp3) is 0.0870. The van der Waals surface area contributed by atoms with Gasteiger partial charge in [0.15, 0.2) is 0 Å². The normalized spacial score (nSPS) is 10.7. The molecule has 0 fully saturated rings. The molecule has 0 aromatic heterocycles. The lowest BCUT2D eigenvalue weighted by atomic mass is 10.1. The van der Waals surface area contributed by atoms with E-state index in [2.05, 4.69) is 0 Å². The second-order valence-corrected chi connectivity index (χ2v) is 5.82. The summed E-state index contributed by atoms with van der Waals surface area (Å²) < 4.78 is 0. The summed E-state index contributed by atoms with van der Waals surface area (Å²) in [5, 5.41) is 0. The van der Waals surface area contributed by atoms with E-state index in [1.807, 2.05) is 108 Å². The molecular weight excluding hydrogens is 306 g/mol. The van der Waals surface area contributed by atoms with Crippen molar-refractivity contribution in [3.05, 3.63) is 108 Å². The van der Waals surface area contributed by atoms with Crippen LogP contribution in [-0.4, -0.2) is 5.91 Å². The molecule has 3 aromatic carbocycles. The molecule has 0 atom stereocenters. The van der Waals surface area contributed by atoms with Crippen molar-refractivity contribution in [1.29, 1.82) is 0 Å². The van der Waals surface area contributed by atoms with E-state index in [-0.39, 0.29) is 5.91 Å². The summed E-state index contributed by atoms with van der Waals surface area (Å²) in [6.45, 7) is 0.572. The van der Waals surface area contributed by atoms with Crippen LogP contribution in [-0.2, 0) is 11.3 Å². The molecule has 0 aliphatic carbocycles. The van der Waals surface area contributed by atoms with Gasteiger partial charge in [-0.15, -0.1) is 0 Å². The average molecular weight is 327 g/mol. The molecule has 0 aliphatic rings. The largest absolute Gasteiger partial charge is 0.308 e. The van der Waals surface area contributed by atoms with E-state index in [4.69, 9.17) is 0 Å². The molecule has 1 amide bonds. The van der Waals surface area contributed by atoms with Crippen molar-refractivity contribution in [3.8, 4) is 0 Å². The van der Waals surface area contributed by atoms with E-state index in [0.717, 1.165) is 16.8 Å². The van der Waals surface area contributed by atoms with Crippen LogP contribution in [0.4, 0.5) is 5.69 Å². The minimum atomic E-state index is 0.0854. The molecule has 0 heterocycles. The van der Waals surface area contributed by atoms with Crippen molar-refractivity contribution in [1.82, 2.24) is 0 Å². The highest BCUT2D eigenvalue weighted by Crippen LogP contribution is 2.18. The Bertz CT molecular complexity index is 810. The highest BCUT2D eigenvalue weighted by molar-refractivity contribution is 5.94. The monoisotopic (exact) mass is 327 g/mol. The Morgan fingerprint density at radius 3 is 1.96 bits per heavy atom.